The Morgan fingerprint density at radius 1 is 0.697 bits per heavy atom. The number of hydrogen-bond acceptors (Lipinski definition) is 3. The van der Waals surface area contributed by atoms with Gasteiger partial charge in [-0.25, -0.2) is 0 Å². The molecule has 3 nitrogen and oxygen atoms in total. The van der Waals surface area contributed by atoms with Gasteiger partial charge in [0, 0.05) is 12.4 Å². The highest BCUT2D eigenvalue weighted by molar-refractivity contribution is 5.76. The molecule has 0 aliphatic rings. The van der Waals surface area contributed by atoms with Gasteiger partial charge in [-0.2, -0.15) is 13.8 Å². The number of rotatable bonds is 3. The van der Waals surface area contributed by atoms with Gasteiger partial charge in [0.2, 0.25) is 11.9 Å². The van der Waals surface area contributed by atoms with Crippen LogP contribution in [0.3, 0.4) is 0 Å². The van der Waals surface area contributed by atoms with E-state index in [1.54, 1.807) is 12.4 Å². The first kappa shape index (κ1) is 22.7. The van der Waals surface area contributed by atoms with Gasteiger partial charge in [0.05, 0.1) is 22.5 Å². The van der Waals surface area contributed by atoms with Gasteiger partial charge in [0.15, 0.2) is 0 Å². The molecule has 0 saturated carbocycles. The molecule has 1 aromatic carbocycles. The van der Waals surface area contributed by atoms with Crippen molar-refractivity contribution in [1.29, 1.82) is 0 Å². The zero-order valence-corrected chi connectivity index (χ0v) is 19.8. The van der Waals surface area contributed by atoms with Crippen LogP contribution in [0, 0.1) is 32.7 Å². The van der Waals surface area contributed by atoms with E-state index in [2.05, 4.69) is 68.6 Å². The third kappa shape index (κ3) is 4.54. The fraction of sp³-hybridized carbons (Fsp3) is 0.250. The lowest BCUT2D eigenvalue weighted by molar-refractivity contribution is 0.517. The Labute approximate surface area is 193 Å². The molecule has 3 aromatic heterocycles. The van der Waals surface area contributed by atoms with Crippen LogP contribution >= 0.6 is 0 Å². The summed E-state index contributed by atoms with van der Waals surface area (Å²) < 4.78 is 29.6. The maximum absolute atomic E-state index is 14.8. The zero-order valence-electron chi connectivity index (χ0n) is 19.8. The minimum atomic E-state index is -0.898. The standard InChI is InChI=1S/C28H27F2N3/c1-16-11-17(2)25(18(3)12-16)19-7-9-31-23(13-19)21-15-22(27(30)33-26(21)29)24-14-20(8-10-32-24)28(4,5)6/h7-15H,1-6H3. The van der Waals surface area contributed by atoms with E-state index in [4.69, 9.17) is 0 Å². The second-order valence-electron chi connectivity index (χ2n) is 9.55. The van der Waals surface area contributed by atoms with Crippen molar-refractivity contribution in [3.8, 4) is 33.6 Å². The number of hydrogen-bond donors (Lipinski definition) is 0. The highest BCUT2D eigenvalue weighted by Crippen LogP contribution is 2.34. The number of aromatic nitrogens is 3. The van der Waals surface area contributed by atoms with E-state index in [9.17, 15) is 8.78 Å². The average molecular weight is 444 g/mol. The van der Waals surface area contributed by atoms with Gasteiger partial charge < -0.3 is 0 Å². The highest BCUT2D eigenvalue weighted by atomic mass is 19.1. The van der Waals surface area contributed by atoms with Crippen molar-refractivity contribution in [2.75, 3.05) is 0 Å². The van der Waals surface area contributed by atoms with Crippen molar-refractivity contribution in [2.24, 2.45) is 0 Å². The van der Waals surface area contributed by atoms with E-state index < -0.39 is 11.9 Å². The second-order valence-corrected chi connectivity index (χ2v) is 9.55. The second kappa shape index (κ2) is 8.47. The lowest BCUT2D eigenvalue weighted by atomic mass is 9.87. The molecule has 0 atom stereocenters. The summed E-state index contributed by atoms with van der Waals surface area (Å²) in [5, 5.41) is 0. The van der Waals surface area contributed by atoms with Crippen LogP contribution in [0.25, 0.3) is 33.6 Å². The number of aryl methyl sites for hydroxylation is 3. The summed E-state index contributed by atoms with van der Waals surface area (Å²) in [4.78, 5) is 12.2. The molecule has 168 valence electrons. The Morgan fingerprint density at radius 2 is 1.24 bits per heavy atom. The average Bonchev–Trinajstić information content (AvgIpc) is 2.73. The summed E-state index contributed by atoms with van der Waals surface area (Å²) in [5.41, 5.74) is 7.41. The van der Waals surface area contributed by atoms with Gasteiger partial charge in [-0.1, -0.05) is 38.5 Å². The smallest absolute Gasteiger partial charge is 0.225 e. The lowest BCUT2D eigenvalue weighted by Gasteiger charge is -2.19. The summed E-state index contributed by atoms with van der Waals surface area (Å²) >= 11 is 0. The van der Waals surface area contributed by atoms with Gasteiger partial charge in [-0.05, 0) is 84.3 Å². The topological polar surface area (TPSA) is 38.7 Å². The van der Waals surface area contributed by atoms with Crippen molar-refractivity contribution < 1.29 is 8.78 Å². The van der Waals surface area contributed by atoms with Crippen LogP contribution in [-0.4, -0.2) is 15.0 Å². The fourth-order valence-corrected chi connectivity index (χ4v) is 4.24. The van der Waals surface area contributed by atoms with Crippen LogP contribution in [0.1, 0.15) is 43.0 Å². The molecule has 0 saturated heterocycles. The largest absolute Gasteiger partial charge is 0.256 e. The van der Waals surface area contributed by atoms with Crippen molar-refractivity contribution in [2.45, 2.75) is 47.0 Å². The molecule has 4 rings (SSSR count). The van der Waals surface area contributed by atoms with Crippen molar-refractivity contribution >= 4 is 0 Å². The summed E-state index contributed by atoms with van der Waals surface area (Å²) in [5.74, 6) is -1.79. The molecule has 0 unspecified atom stereocenters. The number of pyridine rings is 3. The molecule has 0 fully saturated rings. The fourth-order valence-electron chi connectivity index (χ4n) is 4.24. The highest BCUT2D eigenvalue weighted by Gasteiger charge is 2.20. The molecule has 0 aliphatic carbocycles. The molecule has 4 aromatic rings. The van der Waals surface area contributed by atoms with Gasteiger partial charge in [0.1, 0.15) is 0 Å². The van der Waals surface area contributed by atoms with Crippen LogP contribution in [0.15, 0.2) is 54.9 Å². The predicted octanol–water partition coefficient (Wildman–Crippen LogP) is 7.37. The predicted molar refractivity (Wildman–Crippen MR) is 129 cm³/mol. The Hall–Kier alpha value is -3.47. The van der Waals surface area contributed by atoms with E-state index in [0.717, 1.165) is 27.8 Å². The maximum atomic E-state index is 14.8. The molecule has 33 heavy (non-hydrogen) atoms. The number of benzene rings is 1. The lowest BCUT2D eigenvalue weighted by Crippen LogP contribution is -2.11. The van der Waals surface area contributed by atoms with E-state index in [1.807, 2.05) is 24.3 Å². The summed E-state index contributed by atoms with van der Waals surface area (Å²) in [7, 11) is 0. The van der Waals surface area contributed by atoms with E-state index in [1.165, 1.54) is 11.6 Å². The van der Waals surface area contributed by atoms with Crippen molar-refractivity contribution in [1.82, 2.24) is 15.0 Å². The van der Waals surface area contributed by atoms with Crippen LogP contribution in [-0.2, 0) is 5.41 Å². The van der Waals surface area contributed by atoms with E-state index >= 15 is 0 Å². The minimum Gasteiger partial charge on any atom is -0.256 e. The van der Waals surface area contributed by atoms with Crippen LogP contribution < -0.4 is 0 Å². The Kier molecular flexibility index (Phi) is 5.83. The SMILES string of the molecule is Cc1cc(C)c(-c2ccnc(-c3cc(-c4cc(C(C)(C)C)ccn4)c(F)nc3F)c2)c(C)c1. The molecule has 0 N–H and O–H groups in total. The number of nitrogens with zero attached hydrogens (tertiary/aromatic N) is 3. The molecule has 0 amide bonds. The zero-order chi connectivity index (χ0) is 23.9. The first-order valence-electron chi connectivity index (χ1n) is 10.9. The third-order valence-electron chi connectivity index (χ3n) is 5.83. The molecule has 0 bridgehead atoms. The third-order valence-corrected chi connectivity index (χ3v) is 5.83. The van der Waals surface area contributed by atoms with E-state index in [-0.39, 0.29) is 16.5 Å². The molecule has 0 aliphatic heterocycles. The molecule has 0 radical (unpaired) electrons. The summed E-state index contributed by atoms with van der Waals surface area (Å²) in [6, 6.07) is 13.1. The first-order valence-corrected chi connectivity index (χ1v) is 10.9. The van der Waals surface area contributed by atoms with Crippen molar-refractivity contribution in [3.05, 3.63) is 89.0 Å². The van der Waals surface area contributed by atoms with Crippen LogP contribution in [0.5, 0.6) is 0 Å². The van der Waals surface area contributed by atoms with Gasteiger partial charge >= 0.3 is 0 Å². The minimum absolute atomic E-state index is 0.135. The summed E-state index contributed by atoms with van der Waals surface area (Å²) in [6.45, 7) is 12.4. The Morgan fingerprint density at radius 3 is 1.82 bits per heavy atom. The van der Waals surface area contributed by atoms with Crippen LogP contribution in [0.2, 0.25) is 0 Å². The van der Waals surface area contributed by atoms with Crippen LogP contribution in [0.4, 0.5) is 8.78 Å². The molecule has 5 heteroatoms. The summed E-state index contributed by atoms with van der Waals surface area (Å²) in [6.07, 6.45) is 3.28. The van der Waals surface area contributed by atoms with Gasteiger partial charge in [-0.15, -0.1) is 0 Å². The molecular weight excluding hydrogens is 416 g/mol. The van der Waals surface area contributed by atoms with Gasteiger partial charge in [-0.3, -0.25) is 9.97 Å². The monoisotopic (exact) mass is 443 g/mol. The van der Waals surface area contributed by atoms with E-state index in [0.29, 0.717) is 11.4 Å². The van der Waals surface area contributed by atoms with Gasteiger partial charge in [0.25, 0.3) is 0 Å². The quantitative estimate of drug-likeness (QED) is 0.310. The Balaban J connectivity index is 1.85. The normalized spacial score (nSPS) is 11.6. The maximum Gasteiger partial charge on any atom is 0.225 e. The molecule has 0 spiro atoms. The Bertz CT molecular complexity index is 1330. The van der Waals surface area contributed by atoms with Crippen molar-refractivity contribution in [3.63, 3.8) is 0 Å². The first-order chi connectivity index (χ1) is 15.5. The molecule has 3 heterocycles. The molecular formula is C28H27F2N3. The number of halogens is 2.